The Kier molecular flexibility index (Phi) is 6.81. The van der Waals surface area contributed by atoms with Crippen molar-refractivity contribution in [2.75, 3.05) is 13.1 Å². The van der Waals surface area contributed by atoms with E-state index < -0.39 is 10.0 Å². The maximum atomic E-state index is 13.3. The summed E-state index contributed by atoms with van der Waals surface area (Å²) in [7, 11) is -3.59. The number of piperidine rings is 1. The van der Waals surface area contributed by atoms with Gasteiger partial charge in [-0.25, -0.2) is 8.42 Å². The highest BCUT2D eigenvalue weighted by Crippen LogP contribution is 2.29. The van der Waals surface area contributed by atoms with E-state index in [1.807, 2.05) is 32.9 Å². The summed E-state index contributed by atoms with van der Waals surface area (Å²) in [6.07, 6.45) is 8.41. The highest BCUT2D eigenvalue weighted by molar-refractivity contribution is 7.89. The average Bonchev–Trinajstić information content (AvgIpc) is 2.89. The van der Waals surface area contributed by atoms with Crippen LogP contribution in [0.4, 0.5) is 0 Å². The molecule has 1 atom stereocenters. The minimum absolute atomic E-state index is 0.0316. The van der Waals surface area contributed by atoms with E-state index in [4.69, 9.17) is 0 Å². The van der Waals surface area contributed by atoms with Gasteiger partial charge in [0.15, 0.2) is 0 Å². The molecule has 1 N–H and O–H groups in total. The average molecular weight is 407 g/mol. The third-order valence-corrected chi connectivity index (χ3v) is 8.33. The fraction of sp³-hybridized carbons (Fsp3) is 0.682. The number of aryl methyl sites for hydroxylation is 3. The van der Waals surface area contributed by atoms with E-state index in [0.717, 1.165) is 42.4 Å². The molecule has 1 aromatic carbocycles. The molecule has 5 nitrogen and oxygen atoms in total. The Morgan fingerprint density at radius 3 is 2.18 bits per heavy atom. The smallest absolute Gasteiger partial charge is 0.243 e. The largest absolute Gasteiger partial charge is 0.353 e. The fourth-order valence-electron chi connectivity index (χ4n) is 4.82. The maximum Gasteiger partial charge on any atom is 0.243 e. The van der Waals surface area contributed by atoms with Crippen molar-refractivity contribution in [1.82, 2.24) is 9.62 Å². The molecule has 28 heavy (non-hydrogen) atoms. The number of benzene rings is 1. The molecule has 6 heteroatoms. The van der Waals surface area contributed by atoms with Gasteiger partial charge < -0.3 is 5.32 Å². The third-order valence-electron chi connectivity index (χ3n) is 6.16. The van der Waals surface area contributed by atoms with Gasteiger partial charge >= 0.3 is 0 Å². The molecule has 0 radical (unpaired) electrons. The lowest BCUT2D eigenvalue weighted by atomic mass is 9.97. The van der Waals surface area contributed by atoms with Crippen LogP contribution in [0.5, 0.6) is 0 Å². The third kappa shape index (κ3) is 4.77. The van der Waals surface area contributed by atoms with Gasteiger partial charge in [-0.2, -0.15) is 4.31 Å². The second-order valence-corrected chi connectivity index (χ2v) is 10.5. The molecule has 1 saturated carbocycles. The molecule has 1 saturated heterocycles. The second kappa shape index (κ2) is 8.95. The zero-order valence-electron chi connectivity index (χ0n) is 17.5. The van der Waals surface area contributed by atoms with Crippen molar-refractivity contribution in [3.8, 4) is 0 Å². The minimum atomic E-state index is -3.59. The van der Waals surface area contributed by atoms with Crippen LogP contribution in [0.1, 0.15) is 68.1 Å². The summed E-state index contributed by atoms with van der Waals surface area (Å²) in [5, 5.41) is 3.21. The Bertz CT molecular complexity index is 788. The lowest BCUT2D eigenvalue weighted by molar-refractivity contribution is -0.126. The normalized spacial score (nSPS) is 22.6. The maximum absolute atomic E-state index is 13.3. The molecular formula is C22H34N2O3S. The van der Waals surface area contributed by atoms with Gasteiger partial charge in [-0.15, -0.1) is 0 Å². The van der Waals surface area contributed by atoms with Gasteiger partial charge in [-0.3, -0.25) is 4.79 Å². The van der Waals surface area contributed by atoms with Gasteiger partial charge in [-0.1, -0.05) is 43.4 Å². The molecule has 0 bridgehead atoms. The predicted molar refractivity (Wildman–Crippen MR) is 112 cm³/mol. The summed E-state index contributed by atoms with van der Waals surface area (Å²) < 4.78 is 28.2. The number of sulfonamides is 1. The van der Waals surface area contributed by atoms with Gasteiger partial charge in [0.25, 0.3) is 0 Å². The van der Waals surface area contributed by atoms with Crippen molar-refractivity contribution in [3.63, 3.8) is 0 Å². The molecule has 156 valence electrons. The zero-order chi connectivity index (χ0) is 20.3. The van der Waals surface area contributed by atoms with E-state index in [1.165, 1.54) is 30.0 Å². The molecule has 1 aromatic rings. The van der Waals surface area contributed by atoms with Crippen LogP contribution in [0, 0.1) is 26.7 Å². The lowest BCUT2D eigenvalue weighted by Crippen LogP contribution is -2.47. The van der Waals surface area contributed by atoms with Crippen LogP contribution in [-0.2, 0) is 14.8 Å². The van der Waals surface area contributed by atoms with Gasteiger partial charge in [0.1, 0.15) is 0 Å². The number of carbonyl (C=O) groups excluding carboxylic acids is 1. The molecule has 0 unspecified atom stereocenters. The van der Waals surface area contributed by atoms with Crippen LogP contribution in [-0.4, -0.2) is 37.8 Å². The van der Waals surface area contributed by atoms with E-state index in [0.29, 0.717) is 11.4 Å². The first kappa shape index (κ1) is 21.3. The summed E-state index contributed by atoms with van der Waals surface area (Å²) >= 11 is 0. The number of carbonyl (C=O) groups is 1. The highest BCUT2D eigenvalue weighted by atomic mass is 32.2. The molecule has 2 fully saturated rings. The van der Waals surface area contributed by atoms with Crippen molar-refractivity contribution in [1.29, 1.82) is 0 Å². The minimum Gasteiger partial charge on any atom is -0.353 e. The van der Waals surface area contributed by atoms with Gasteiger partial charge in [0.05, 0.1) is 10.8 Å². The Morgan fingerprint density at radius 2 is 1.57 bits per heavy atom. The van der Waals surface area contributed by atoms with Gasteiger partial charge in [0.2, 0.25) is 15.9 Å². The van der Waals surface area contributed by atoms with Crippen molar-refractivity contribution < 1.29 is 13.2 Å². The molecule has 1 aliphatic carbocycles. The predicted octanol–water partition coefficient (Wildman–Crippen LogP) is 3.85. The lowest BCUT2D eigenvalue weighted by Gasteiger charge is -2.33. The summed E-state index contributed by atoms with van der Waals surface area (Å²) in [6, 6.07) is 4.09. The van der Waals surface area contributed by atoms with Crippen LogP contribution in [0.2, 0.25) is 0 Å². The van der Waals surface area contributed by atoms with Crippen LogP contribution < -0.4 is 5.32 Å². The molecular weight excluding hydrogens is 372 g/mol. The quantitative estimate of drug-likeness (QED) is 0.772. The van der Waals surface area contributed by atoms with Gasteiger partial charge in [-0.05, 0) is 57.6 Å². The molecule has 1 amide bonds. The molecule has 0 spiro atoms. The number of hydrogen-bond acceptors (Lipinski definition) is 3. The van der Waals surface area contributed by atoms with Crippen LogP contribution in [0.25, 0.3) is 0 Å². The standard InChI is InChI=1S/C22H34N2O3S/c1-16-13-17(2)21(18(3)14-16)28(26,27)24-12-8-9-19(15-24)22(25)23-20-10-6-4-5-7-11-20/h13-14,19-20H,4-12,15H2,1-3H3,(H,23,25)/t19-/m0/s1. The van der Waals surface area contributed by atoms with Crippen molar-refractivity contribution in [2.24, 2.45) is 5.92 Å². The topological polar surface area (TPSA) is 66.5 Å². The molecule has 0 aromatic heterocycles. The number of nitrogens with one attached hydrogen (secondary N) is 1. The summed E-state index contributed by atoms with van der Waals surface area (Å²) in [5.41, 5.74) is 2.62. The Balaban J connectivity index is 1.72. The number of hydrogen-bond donors (Lipinski definition) is 1. The molecule has 3 rings (SSSR count). The van der Waals surface area contributed by atoms with E-state index in [-0.39, 0.29) is 24.4 Å². The summed E-state index contributed by atoms with van der Waals surface area (Å²) in [6.45, 7) is 6.46. The number of nitrogens with zero attached hydrogens (tertiary/aromatic N) is 1. The first-order valence-electron chi connectivity index (χ1n) is 10.7. The Hall–Kier alpha value is -1.40. The Labute approximate surface area is 169 Å². The summed E-state index contributed by atoms with van der Waals surface area (Å²) in [4.78, 5) is 13.2. The molecule has 2 aliphatic rings. The second-order valence-electron chi connectivity index (χ2n) is 8.63. The zero-order valence-corrected chi connectivity index (χ0v) is 18.3. The first-order chi connectivity index (χ1) is 13.3. The molecule has 1 heterocycles. The van der Waals surface area contributed by atoms with Crippen LogP contribution >= 0.6 is 0 Å². The van der Waals surface area contributed by atoms with E-state index in [9.17, 15) is 13.2 Å². The van der Waals surface area contributed by atoms with Crippen molar-refractivity contribution in [2.45, 2.75) is 83.1 Å². The highest BCUT2D eigenvalue weighted by Gasteiger charge is 2.35. The summed E-state index contributed by atoms with van der Waals surface area (Å²) in [5.74, 6) is -0.220. The van der Waals surface area contributed by atoms with Gasteiger partial charge in [0, 0.05) is 19.1 Å². The molecule has 1 aliphatic heterocycles. The van der Waals surface area contributed by atoms with E-state index in [1.54, 1.807) is 0 Å². The Morgan fingerprint density at radius 1 is 0.964 bits per heavy atom. The van der Waals surface area contributed by atoms with Crippen LogP contribution in [0.15, 0.2) is 17.0 Å². The van der Waals surface area contributed by atoms with Crippen LogP contribution in [0.3, 0.4) is 0 Å². The van der Waals surface area contributed by atoms with Crippen molar-refractivity contribution >= 4 is 15.9 Å². The number of amides is 1. The van der Waals surface area contributed by atoms with Crippen molar-refractivity contribution in [3.05, 3.63) is 28.8 Å². The van der Waals surface area contributed by atoms with E-state index >= 15 is 0 Å². The van der Waals surface area contributed by atoms with E-state index in [2.05, 4.69) is 5.32 Å². The SMILES string of the molecule is Cc1cc(C)c(S(=O)(=O)N2CCC[C@H](C(=O)NC3CCCCCC3)C2)c(C)c1. The number of rotatable bonds is 4. The fourth-order valence-corrected chi connectivity index (χ4v) is 6.76. The monoisotopic (exact) mass is 406 g/mol. The first-order valence-corrected chi connectivity index (χ1v) is 12.1.